The number of thiocarbonyl (C=S) groups is 1. The Kier molecular flexibility index (Phi) is 8.43. The highest BCUT2D eigenvalue weighted by Gasteiger charge is 2.30. The Bertz CT molecular complexity index is 1030. The molecule has 1 atom stereocenters. The predicted octanol–water partition coefficient (Wildman–Crippen LogP) is 5.03. The monoisotopic (exact) mass is 466 g/mol. The van der Waals surface area contributed by atoms with Gasteiger partial charge in [0.05, 0.1) is 18.2 Å². The fraction of sp³-hybridized carbons (Fsp3) is 0.320. The summed E-state index contributed by atoms with van der Waals surface area (Å²) in [6.45, 7) is 6.01. The van der Waals surface area contributed by atoms with Crippen LogP contribution in [-0.4, -0.2) is 23.7 Å². The molecule has 1 heterocycles. The smallest absolute Gasteiger partial charge is 0.338 e. The lowest BCUT2D eigenvalue weighted by atomic mass is 9.95. The fourth-order valence-electron chi connectivity index (χ4n) is 3.61. The molecule has 4 N–H and O–H groups in total. The Balaban J connectivity index is 1.65. The highest BCUT2D eigenvalue weighted by atomic mass is 32.1. The van der Waals surface area contributed by atoms with Gasteiger partial charge in [0.1, 0.15) is 0 Å². The zero-order valence-corrected chi connectivity index (χ0v) is 20.0. The van der Waals surface area contributed by atoms with E-state index in [1.807, 2.05) is 36.4 Å². The molecule has 2 amide bonds. The number of unbranched alkanes of at least 4 members (excludes halogenated alkanes) is 1. The fourth-order valence-corrected chi connectivity index (χ4v) is 3.88. The second-order valence-corrected chi connectivity index (χ2v) is 8.20. The van der Waals surface area contributed by atoms with Gasteiger partial charge in [0.2, 0.25) is 0 Å². The van der Waals surface area contributed by atoms with Crippen LogP contribution in [0.2, 0.25) is 0 Å². The maximum absolute atomic E-state index is 12.5. The van der Waals surface area contributed by atoms with Crippen molar-refractivity contribution in [3.05, 3.63) is 70.9 Å². The topological polar surface area (TPSA) is 91.5 Å². The van der Waals surface area contributed by atoms with E-state index in [1.54, 1.807) is 26.0 Å². The third kappa shape index (κ3) is 6.55. The standard InChI is InChI=1S/C25H30N4O3S/c1-4-6-7-17-8-12-19(13-9-17)27-24(31)28-20-14-10-18(11-15-20)22-21(23(30)32-5-2)16(3)26-25(33)29-22/h8-15,22H,4-7H2,1-3H3,(H2,26,29,33)(H2,27,28,31). The van der Waals surface area contributed by atoms with Crippen LogP contribution in [0.1, 0.15) is 50.8 Å². The van der Waals surface area contributed by atoms with Gasteiger partial charge in [-0.2, -0.15) is 0 Å². The second kappa shape index (κ2) is 11.5. The number of hydrogen-bond donors (Lipinski definition) is 4. The molecule has 174 valence electrons. The molecule has 1 aliphatic rings. The van der Waals surface area contributed by atoms with E-state index in [-0.39, 0.29) is 12.6 Å². The van der Waals surface area contributed by atoms with E-state index in [9.17, 15) is 9.59 Å². The van der Waals surface area contributed by atoms with Gasteiger partial charge >= 0.3 is 12.0 Å². The van der Waals surface area contributed by atoms with Crippen LogP contribution in [0.5, 0.6) is 0 Å². The van der Waals surface area contributed by atoms with Gasteiger partial charge in [-0.25, -0.2) is 9.59 Å². The zero-order chi connectivity index (χ0) is 23.8. The van der Waals surface area contributed by atoms with Crippen molar-refractivity contribution in [2.75, 3.05) is 17.2 Å². The summed E-state index contributed by atoms with van der Waals surface area (Å²) in [5, 5.41) is 12.2. The maximum Gasteiger partial charge on any atom is 0.338 e. The Morgan fingerprint density at radius 1 is 1.00 bits per heavy atom. The predicted molar refractivity (Wildman–Crippen MR) is 135 cm³/mol. The van der Waals surface area contributed by atoms with Gasteiger partial charge in [0.25, 0.3) is 0 Å². The molecule has 0 spiro atoms. The number of rotatable bonds is 8. The molecule has 0 aliphatic carbocycles. The van der Waals surface area contributed by atoms with Gasteiger partial charge in [-0.1, -0.05) is 37.6 Å². The van der Waals surface area contributed by atoms with E-state index in [4.69, 9.17) is 17.0 Å². The molecule has 2 aromatic rings. The average Bonchev–Trinajstić information content (AvgIpc) is 2.78. The van der Waals surface area contributed by atoms with Crippen LogP contribution in [0.15, 0.2) is 59.8 Å². The quantitative estimate of drug-likeness (QED) is 0.322. The molecule has 2 aromatic carbocycles. The van der Waals surface area contributed by atoms with Crippen molar-refractivity contribution in [1.29, 1.82) is 0 Å². The second-order valence-electron chi connectivity index (χ2n) is 7.79. The minimum Gasteiger partial charge on any atom is -0.463 e. The van der Waals surface area contributed by atoms with Crippen LogP contribution in [0.4, 0.5) is 16.2 Å². The van der Waals surface area contributed by atoms with E-state index < -0.39 is 12.0 Å². The van der Waals surface area contributed by atoms with Crippen molar-refractivity contribution < 1.29 is 14.3 Å². The lowest BCUT2D eigenvalue weighted by Crippen LogP contribution is -2.45. The summed E-state index contributed by atoms with van der Waals surface area (Å²) in [6, 6.07) is 14.4. The number of aryl methyl sites for hydroxylation is 1. The van der Waals surface area contributed by atoms with E-state index in [1.165, 1.54) is 5.56 Å². The molecule has 0 saturated carbocycles. The Morgan fingerprint density at radius 2 is 1.61 bits per heavy atom. The molecule has 7 nitrogen and oxygen atoms in total. The molecule has 0 radical (unpaired) electrons. The molecular formula is C25H30N4O3S. The first kappa shape index (κ1) is 24.3. The van der Waals surface area contributed by atoms with Gasteiger partial charge in [-0.05, 0) is 74.3 Å². The molecule has 0 fully saturated rings. The van der Waals surface area contributed by atoms with Crippen LogP contribution in [0.25, 0.3) is 0 Å². The van der Waals surface area contributed by atoms with Crippen molar-refractivity contribution in [1.82, 2.24) is 10.6 Å². The van der Waals surface area contributed by atoms with Crippen molar-refractivity contribution in [3.8, 4) is 0 Å². The zero-order valence-electron chi connectivity index (χ0n) is 19.2. The Hall–Kier alpha value is -3.39. The summed E-state index contributed by atoms with van der Waals surface area (Å²) in [5.41, 5.74) is 4.59. The van der Waals surface area contributed by atoms with Gasteiger partial charge in [-0.3, -0.25) is 0 Å². The summed E-state index contributed by atoms with van der Waals surface area (Å²) >= 11 is 5.26. The van der Waals surface area contributed by atoms with Crippen LogP contribution in [-0.2, 0) is 16.0 Å². The first-order valence-corrected chi connectivity index (χ1v) is 11.5. The number of anilines is 2. The number of amides is 2. The summed E-state index contributed by atoms with van der Waals surface area (Å²) in [6.07, 6.45) is 3.35. The van der Waals surface area contributed by atoms with Gasteiger partial charge < -0.3 is 26.0 Å². The number of ether oxygens (including phenoxy) is 1. The first-order chi connectivity index (χ1) is 15.9. The Labute approximate surface area is 200 Å². The average molecular weight is 467 g/mol. The molecule has 8 heteroatoms. The normalized spacial score (nSPS) is 15.4. The van der Waals surface area contributed by atoms with Crippen molar-refractivity contribution in [2.45, 2.75) is 46.1 Å². The maximum atomic E-state index is 12.5. The van der Waals surface area contributed by atoms with Gasteiger partial charge in [-0.15, -0.1) is 0 Å². The number of allylic oxidation sites excluding steroid dienone is 1. The lowest BCUT2D eigenvalue weighted by molar-refractivity contribution is -0.139. The largest absolute Gasteiger partial charge is 0.463 e. The molecule has 0 aromatic heterocycles. The van der Waals surface area contributed by atoms with Crippen molar-refractivity contribution in [2.24, 2.45) is 0 Å². The molecule has 0 saturated heterocycles. The number of carbonyl (C=O) groups excluding carboxylic acids is 2. The third-order valence-electron chi connectivity index (χ3n) is 5.30. The summed E-state index contributed by atoms with van der Waals surface area (Å²) < 4.78 is 5.21. The number of benzene rings is 2. The molecule has 0 bridgehead atoms. The van der Waals surface area contributed by atoms with Gasteiger partial charge in [0, 0.05) is 17.1 Å². The lowest BCUT2D eigenvalue weighted by Gasteiger charge is -2.29. The molecular weight excluding hydrogens is 436 g/mol. The highest BCUT2D eigenvalue weighted by Crippen LogP contribution is 2.28. The number of nitrogens with one attached hydrogen (secondary N) is 4. The van der Waals surface area contributed by atoms with E-state index in [0.717, 1.165) is 30.5 Å². The SMILES string of the molecule is CCCCc1ccc(NC(=O)Nc2ccc(C3NC(=S)NC(C)=C3C(=O)OCC)cc2)cc1. The first-order valence-electron chi connectivity index (χ1n) is 11.1. The molecule has 33 heavy (non-hydrogen) atoms. The third-order valence-corrected chi connectivity index (χ3v) is 5.52. The molecule has 3 rings (SSSR count). The Morgan fingerprint density at radius 3 is 2.18 bits per heavy atom. The minimum atomic E-state index is -0.438. The molecule has 1 unspecified atom stereocenters. The van der Waals surface area contributed by atoms with Crippen LogP contribution >= 0.6 is 12.2 Å². The van der Waals surface area contributed by atoms with Crippen molar-refractivity contribution in [3.63, 3.8) is 0 Å². The highest BCUT2D eigenvalue weighted by molar-refractivity contribution is 7.80. The number of esters is 1. The summed E-state index contributed by atoms with van der Waals surface area (Å²) in [5.74, 6) is -0.398. The number of carbonyl (C=O) groups is 2. The van der Waals surface area contributed by atoms with Crippen molar-refractivity contribution >= 4 is 40.7 Å². The van der Waals surface area contributed by atoms with Gasteiger partial charge in [0.15, 0.2) is 5.11 Å². The summed E-state index contributed by atoms with van der Waals surface area (Å²) in [7, 11) is 0. The summed E-state index contributed by atoms with van der Waals surface area (Å²) in [4.78, 5) is 24.9. The van der Waals surface area contributed by atoms with Crippen LogP contribution in [0.3, 0.4) is 0 Å². The van der Waals surface area contributed by atoms with E-state index in [0.29, 0.717) is 22.1 Å². The molecule has 1 aliphatic heterocycles. The number of hydrogen-bond acceptors (Lipinski definition) is 4. The van der Waals surface area contributed by atoms with Crippen LogP contribution < -0.4 is 21.3 Å². The minimum absolute atomic E-state index is 0.284. The number of urea groups is 1. The van der Waals surface area contributed by atoms with E-state index in [2.05, 4.69) is 28.2 Å². The van der Waals surface area contributed by atoms with Crippen LogP contribution in [0, 0.1) is 0 Å². The van der Waals surface area contributed by atoms with E-state index >= 15 is 0 Å².